The highest BCUT2D eigenvalue weighted by Crippen LogP contribution is 2.64. The number of ketones is 1. The fourth-order valence-electron chi connectivity index (χ4n) is 9.05. The van der Waals surface area contributed by atoms with E-state index in [9.17, 15) is 14.3 Å². The molecule has 0 radical (unpaired) electrons. The number of nitrogens with zero attached hydrogens (tertiary/aromatic N) is 1. The van der Waals surface area contributed by atoms with Gasteiger partial charge in [0.1, 0.15) is 11.5 Å². The third kappa shape index (κ3) is 3.43. The number of nitrogens with one attached hydrogen (secondary N) is 2. The van der Waals surface area contributed by atoms with Gasteiger partial charge < -0.3 is 5.11 Å². The highest BCUT2D eigenvalue weighted by molar-refractivity contribution is 5.88. The standard InChI is InChI=1S/C27H38FN3O2/c1-26(33)12-10-17-16(14-26)6-7-19-18(17)11-13-27(2)20(19)8-9-21(27)24(32)15-31-23-5-3-4-22(28)25(23)29-30-31/h3-5,16-21,29-30,33H,6-15H2,1-2H3/t16-,17+,18-,19-,20+,21-,26-,27+/m1/s1. The van der Waals surface area contributed by atoms with Crippen LogP contribution in [0.15, 0.2) is 18.2 Å². The number of anilines is 2. The van der Waals surface area contributed by atoms with E-state index in [0.29, 0.717) is 23.2 Å². The van der Waals surface area contributed by atoms with Gasteiger partial charge in [-0.2, -0.15) is 0 Å². The predicted molar refractivity (Wildman–Crippen MR) is 127 cm³/mol. The SMILES string of the molecule is C[C@@]1(O)CC[C@H]2[C@H](CC[C@@H]3[C@@H]2CC[C@]2(C)[C@@H](C(=O)CN4NNc5c(F)cccc54)CC[C@@H]32)C1. The van der Waals surface area contributed by atoms with Crippen LogP contribution in [0.4, 0.5) is 15.8 Å². The van der Waals surface area contributed by atoms with Gasteiger partial charge in [0, 0.05) is 5.92 Å². The summed E-state index contributed by atoms with van der Waals surface area (Å²) < 4.78 is 14.1. The summed E-state index contributed by atoms with van der Waals surface area (Å²) in [5.41, 5.74) is 6.61. The van der Waals surface area contributed by atoms with Crippen molar-refractivity contribution in [2.24, 2.45) is 40.9 Å². The van der Waals surface area contributed by atoms with E-state index < -0.39 is 5.60 Å². The average Bonchev–Trinajstić information content (AvgIpc) is 3.34. The summed E-state index contributed by atoms with van der Waals surface area (Å²) in [6.45, 7) is 4.69. The molecular formula is C27H38FN3O2. The van der Waals surface area contributed by atoms with Gasteiger partial charge in [-0.15, -0.1) is 5.53 Å². The van der Waals surface area contributed by atoms with Crippen molar-refractivity contribution in [3.05, 3.63) is 24.0 Å². The minimum atomic E-state index is -0.470. The molecular weight excluding hydrogens is 417 g/mol. The molecule has 8 atom stereocenters. The average molecular weight is 456 g/mol. The fraction of sp³-hybridized carbons (Fsp3) is 0.741. The highest BCUT2D eigenvalue weighted by Gasteiger charge is 2.58. The number of hydrogen-bond donors (Lipinski definition) is 3. The van der Waals surface area contributed by atoms with Crippen molar-refractivity contribution < 1.29 is 14.3 Å². The Morgan fingerprint density at radius 1 is 1.09 bits per heavy atom. The molecule has 4 fully saturated rings. The number of carbonyl (C=O) groups is 1. The number of para-hydroxylation sites is 1. The number of carbonyl (C=O) groups excluding carboxylic acids is 1. The Balaban J connectivity index is 1.17. The highest BCUT2D eigenvalue weighted by atomic mass is 19.1. The Morgan fingerprint density at radius 3 is 2.76 bits per heavy atom. The van der Waals surface area contributed by atoms with Crippen LogP contribution in [0.1, 0.15) is 71.6 Å². The second-order valence-electron chi connectivity index (χ2n) is 12.3. The molecule has 3 N–H and O–H groups in total. The molecule has 6 heteroatoms. The summed E-state index contributed by atoms with van der Waals surface area (Å²) in [6, 6.07) is 4.97. The molecule has 0 aromatic heterocycles. The Bertz CT molecular complexity index is 951. The van der Waals surface area contributed by atoms with Gasteiger partial charge in [0.15, 0.2) is 5.78 Å². The van der Waals surface area contributed by atoms with E-state index in [1.165, 1.54) is 38.2 Å². The van der Waals surface area contributed by atoms with Crippen LogP contribution >= 0.6 is 0 Å². The Morgan fingerprint density at radius 2 is 1.91 bits per heavy atom. The van der Waals surface area contributed by atoms with Crippen molar-refractivity contribution >= 4 is 17.2 Å². The lowest BCUT2D eigenvalue weighted by Gasteiger charge is -2.56. The molecule has 1 aromatic rings. The lowest BCUT2D eigenvalue weighted by Crippen LogP contribution is -2.51. The first kappa shape index (κ1) is 21.8. The van der Waals surface area contributed by atoms with Crippen molar-refractivity contribution in [1.82, 2.24) is 5.53 Å². The van der Waals surface area contributed by atoms with E-state index in [4.69, 9.17) is 0 Å². The smallest absolute Gasteiger partial charge is 0.157 e. The summed E-state index contributed by atoms with van der Waals surface area (Å²) in [5.74, 6) is 3.70. The number of halogens is 1. The molecule has 1 aliphatic heterocycles. The molecule has 5 aliphatic rings. The molecule has 0 unspecified atom stereocenters. The molecule has 4 aliphatic carbocycles. The summed E-state index contributed by atoms with van der Waals surface area (Å²) in [6.07, 6.45) is 10.2. The number of hydrazine groups is 2. The number of rotatable bonds is 3. The van der Waals surface area contributed by atoms with Gasteiger partial charge in [0.05, 0.1) is 17.8 Å². The van der Waals surface area contributed by atoms with E-state index in [0.717, 1.165) is 43.4 Å². The summed E-state index contributed by atoms with van der Waals surface area (Å²) in [7, 11) is 0. The van der Waals surface area contributed by atoms with Crippen LogP contribution in [0.3, 0.4) is 0 Å². The van der Waals surface area contributed by atoms with Crippen LogP contribution < -0.4 is 16.0 Å². The molecule has 0 saturated heterocycles. The molecule has 33 heavy (non-hydrogen) atoms. The summed E-state index contributed by atoms with van der Waals surface area (Å²) >= 11 is 0. The maximum Gasteiger partial charge on any atom is 0.157 e. The molecule has 1 aromatic carbocycles. The van der Waals surface area contributed by atoms with Crippen LogP contribution in [-0.2, 0) is 4.79 Å². The normalized spacial score (nSPS) is 43.8. The molecule has 6 rings (SSSR count). The van der Waals surface area contributed by atoms with Crippen LogP contribution in [-0.4, -0.2) is 23.0 Å². The van der Waals surface area contributed by atoms with Crippen molar-refractivity contribution in [2.45, 2.75) is 77.2 Å². The zero-order chi connectivity index (χ0) is 23.0. The van der Waals surface area contributed by atoms with Gasteiger partial charge in [-0.3, -0.25) is 15.2 Å². The van der Waals surface area contributed by atoms with Gasteiger partial charge in [0.25, 0.3) is 0 Å². The van der Waals surface area contributed by atoms with Gasteiger partial charge >= 0.3 is 0 Å². The minimum absolute atomic E-state index is 0.0865. The van der Waals surface area contributed by atoms with Gasteiger partial charge in [0.2, 0.25) is 0 Å². The fourth-order valence-corrected chi connectivity index (χ4v) is 9.05. The van der Waals surface area contributed by atoms with E-state index in [1.54, 1.807) is 11.1 Å². The monoisotopic (exact) mass is 455 g/mol. The van der Waals surface area contributed by atoms with Crippen molar-refractivity contribution in [3.63, 3.8) is 0 Å². The van der Waals surface area contributed by atoms with E-state index >= 15 is 0 Å². The van der Waals surface area contributed by atoms with E-state index in [-0.39, 0.29) is 29.5 Å². The maximum atomic E-state index is 14.1. The second kappa shape index (κ2) is 7.67. The number of fused-ring (bicyclic) bond motifs is 6. The van der Waals surface area contributed by atoms with Crippen LogP contribution in [0.25, 0.3) is 0 Å². The van der Waals surface area contributed by atoms with Crippen LogP contribution in [0.2, 0.25) is 0 Å². The topological polar surface area (TPSA) is 64.6 Å². The van der Waals surface area contributed by atoms with Gasteiger partial charge in [-0.1, -0.05) is 13.0 Å². The molecule has 0 amide bonds. The number of aliphatic hydroxyl groups is 1. The largest absolute Gasteiger partial charge is 0.390 e. The van der Waals surface area contributed by atoms with Crippen molar-refractivity contribution in [1.29, 1.82) is 0 Å². The molecule has 1 heterocycles. The summed E-state index contributed by atoms with van der Waals surface area (Å²) in [5, 5.41) is 12.4. The molecule has 180 valence electrons. The molecule has 0 bridgehead atoms. The second-order valence-corrected chi connectivity index (χ2v) is 12.3. The Hall–Kier alpha value is -1.66. The lowest BCUT2D eigenvalue weighted by atomic mass is 9.49. The first-order valence-corrected chi connectivity index (χ1v) is 13.1. The number of hydrogen-bond acceptors (Lipinski definition) is 5. The number of Topliss-reactive ketones (excluding diaryl/α,β-unsaturated/α-hetero) is 1. The molecule has 0 spiro atoms. The quantitative estimate of drug-likeness (QED) is 0.594. The van der Waals surface area contributed by atoms with E-state index in [2.05, 4.69) is 17.9 Å². The van der Waals surface area contributed by atoms with Gasteiger partial charge in [-0.05, 0) is 112 Å². The maximum absolute atomic E-state index is 14.1. The molecule has 5 nitrogen and oxygen atoms in total. The Labute approximate surface area is 196 Å². The first-order valence-electron chi connectivity index (χ1n) is 13.1. The third-order valence-electron chi connectivity index (χ3n) is 10.5. The third-order valence-corrected chi connectivity index (χ3v) is 10.5. The Kier molecular flexibility index (Phi) is 5.08. The van der Waals surface area contributed by atoms with Crippen molar-refractivity contribution in [3.8, 4) is 0 Å². The van der Waals surface area contributed by atoms with Crippen molar-refractivity contribution in [2.75, 3.05) is 17.0 Å². The zero-order valence-corrected chi connectivity index (χ0v) is 19.9. The van der Waals surface area contributed by atoms with Gasteiger partial charge in [-0.25, -0.2) is 4.39 Å². The van der Waals surface area contributed by atoms with Crippen LogP contribution in [0, 0.1) is 46.7 Å². The zero-order valence-electron chi connectivity index (χ0n) is 19.9. The summed E-state index contributed by atoms with van der Waals surface area (Å²) in [4.78, 5) is 13.6. The predicted octanol–water partition coefficient (Wildman–Crippen LogP) is 5.07. The minimum Gasteiger partial charge on any atom is -0.390 e. The number of benzene rings is 1. The molecule has 4 saturated carbocycles. The van der Waals surface area contributed by atoms with E-state index in [1.807, 2.05) is 13.0 Å². The lowest BCUT2D eigenvalue weighted by molar-refractivity contribution is -0.131. The first-order chi connectivity index (χ1) is 15.8. The van der Waals surface area contributed by atoms with Crippen LogP contribution in [0.5, 0.6) is 0 Å².